The van der Waals surface area contributed by atoms with Crippen LogP contribution in [0.1, 0.15) is 39.6 Å². The van der Waals surface area contributed by atoms with Crippen molar-refractivity contribution >= 4 is 61.1 Å². The molecule has 37 heavy (non-hydrogen) atoms. The van der Waals surface area contributed by atoms with E-state index in [1.807, 2.05) is 6.92 Å². The topological polar surface area (TPSA) is 118 Å². The van der Waals surface area contributed by atoms with Gasteiger partial charge in [0, 0.05) is 32.9 Å². The molecular weight excluding hydrogens is 610 g/mol. The number of imide groups is 1. The Morgan fingerprint density at radius 3 is 1.92 bits per heavy atom. The number of rotatable bonds is 6. The van der Waals surface area contributed by atoms with Crippen molar-refractivity contribution in [2.45, 2.75) is 36.0 Å². The Morgan fingerprint density at radius 1 is 0.946 bits per heavy atom. The van der Waals surface area contributed by atoms with Crippen LogP contribution in [0.2, 0.25) is 0 Å². The summed E-state index contributed by atoms with van der Waals surface area (Å²) < 4.78 is 0. The van der Waals surface area contributed by atoms with E-state index in [1.54, 1.807) is 24.3 Å². The van der Waals surface area contributed by atoms with Gasteiger partial charge in [-0.15, -0.1) is 0 Å². The standard InChI is InChI=1S/C26H23Br2N3O6/c1-12-3-5-14(6-4-12)23(32)13(2)29(24(33)15-7-9-16(10-8-15)31(36)37)30-25(34)19-17-11-18(20(19)26(30)35)22(28)21(17)27/h3-10,13,17-22H,11H2,1-2H3/t13-,17+,18+,19-,20+,21-,22-/m0/s1. The Morgan fingerprint density at radius 2 is 1.43 bits per heavy atom. The molecule has 3 amide bonds. The molecule has 0 spiro atoms. The van der Waals surface area contributed by atoms with Crippen molar-refractivity contribution < 1.29 is 24.1 Å². The van der Waals surface area contributed by atoms with E-state index in [0.717, 1.165) is 22.0 Å². The number of non-ortho nitro benzene ring substituents is 1. The van der Waals surface area contributed by atoms with E-state index >= 15 is 0 Å². The Hall–Kier alpha value is -2.92. The summed E-state index contributed by atoms with van der Waals surface area (Å²) in [5, 5.41) is 12.9. The van der Waals surface area contributed by atoms with Crippen LogP contribution in [-0.4, -0.2) is 54.1 Å². The molecule has 1 aliphatic heterocycles. The van der Waals surface area contributed by atoms with Gasteiger partial charge in [-0.3, -0.25) is 29.3 Å². The van der Waals surface area contributed by atoms with Crippen LogP contribution in [0.5, 0.6) is 0 Å². The van der Waals surface area contributed by atoms with Gasteiger partial charge < -0.3 is 0 Å². The zero-order valence-corrected chi connectivity index (χ0v) is 23.1. The first-order valence-corrected chi connectivity index (χ1v) is 13.7. The normalized spacial score (nSPS) is 28.8. The highest BCUT2D eigenvalue weighted by molar-refractivity contribution is 9.12. The Kier molecular flexibility index (Phi) is 6.56. The zero-order chi connectivity index (χ0) is 26.8. The van der Waals surface area contributed by atoms with Crippen molar-refractivity contribution in [2.75, 3.05) is 0 Å². The summed E-state index contributed by atoms with van der Waals surface area (Å²) in [5.74, 6) is -3.49. The summed E-state index contributed by atoms with van der Waals surface area (Å²) in [6.45, 7) is 3.36. The van der Waals surface area contributed by atoms with Crippen LogP contribution < -0.4 is 0 Å². The summed E-state index contributed by atoms with van der Waals surface area (Å²) in [5.41, 5.74) is 1.09. The van der Waals surface area contributed by atoms with Gasteiger partial charge in [-0.25, -0.2) is 5.01 Å². The monoisotopic (exact) mass is 631 g/mol. The smallest absolute Gasteiger partial charge is 0.273 e. The lowest BCUT2D eigenvalue weighted by atomic mass is 9.81. The molecular formula is C26H23Br2N3O6. The maximum absolute atomic E-state index is 13.8. The van der Waals surface area contributed by atoms with E-state index in [0.29, 0.717) is 5.56 Å². The number of hydrazine groups is 1. The predicted octanol–water partition coefficient (Wildman–Crippen LogP) is 4.31. The number of fused-ring (bicyclic) bond motifs is 5. The zero-order valence-electron chi connectivity index (χ0n) is 19.9. The third-order valence-electron chi connectivity index (χ3n) is 7.79. The number of hydrogen-bond donors (Lipinski definition) is 0. The molecule has 2 bridgehead atoms. The highest BCUT2D eigenvalue weighted by Gasteiger charge is 2.68. The fourth-order valence-electron chi connectivity index (χ4n) is 5.91. The molecule has 11 heteroatoms. The molecule has 7 atom stereocenters. The average Bonchev–Trinajstić information content (AvgIpc) is 3.50. The molecule has 0 unspecified atom stereocenters. The van der Waals surface area contributed by atoms with Gasteiger partial charge in [-0.05, 0) is 44.2 Å². The maximum atomic E-state index is 13.8. The SMILES string of the molecule is Cc1ccc(C(=O)[C@H](C)N(C(=O)c2ccc([N+](=O)[O-])cc2)N2C(=O)[C@@H]3[C@H]4C[C@@H]([C@H](Br)[C@H]4Br)[C@@H]3C2=O)cc1. The first-order valence-electron chi connectivity index (χ1n) is 11.9. The molecule has 1 heterocycles. The summed E-state index contributed by atoms with van der Waals surface area (Å²) in [4.78, 5) is 65.3. The number of hydrogen-bond acceptors (Lipinski definition) is 6. The molecule has 1 saturated heterocycles. The number of carbonyl (C=O) groups excluding carboxylic acids is 4. The number of nitrogens with zero attached hydrogens (tertiary/aromatic N) is 3. The molecule has 2 aromatic carbocycles. The van der Waals surface area contributed by atoms with Gasteiger partial charge in [0.2, 0.25) is 0 Å². The van der Waals surface area contributed by atoms with Gasteiger partial charge in [0.25, 0.3) is 23.4 Å². The molecule has 0 radical (unpaired) electrons. The maximum Gasteiger partial charge on any atom is 0.273 e. The lowest BCUT2D eigenvalue weighted by molar-refractivity contribution is -0.384. The van der Waals surface area contributed by atoms with Gasteiger partial charge >= 0.3 is 0 Å². The molecule has 0 aromatic heterocycles. The average molecular weight is 633 g/mol. The van der Waals surface area contributed by atoms with Crippen LogP contribution in [0.15, 0.2) is 48.5 Å². The minimum atomic E-state index is -1.19. The van der Waals surface area contributed by atoms with Crippen molar-refractivity contribution in [1.82, 2.24) is 10.0 Å². The number of nitro groups is 1. The van der Waals surface area contributed by atoms with Crippen molar-refractivity contribution in [3.05, 3.63) is 75.3 Å². The van der Waals surface area contributed by atoms with Crippen LogP contribution >= 0.6 is 31.9 Å². The Labute approximate surface area is 229 Å². The van der Waals surface area contributed by atoms with Crippen LogP contribution in [0.4, 0.5) is 5.69 Å². The van der Waals surface area contributed by atoms with Crippen LogP contribution in [0, 0.1) is 40.7 Å². The summed E-state index contributed by atoms with van der Waals surface area (Å²) in [6.07, 6.45) is 0.723. The number of nitro benzene ring substituents is 1. The van der Waals surface area contributed by atoms with E-state index in [2.05, 4.69) is 31.9 Å². The number of aryl methyl sites for hydroxylation is 1. The van der Waals surface area contributed by atoms with Crippen molar-refractivity contribution in [1.29, 1.82) is 0 Å². The summed E-state index contributed by atoms with van der Waals surface area (Å²) in [7, 11) is 0. The largest absolute Gasteiger partial charge is 0.292 e. The van der Waals surface area contributed by atoms with E-state index in [4.69, 9.17) is 0 Å². The molecule has 3 fully saturated rings. The van der Waals surface area contributed by atoms with E-state index in [1.165, 1.54) is 31.2 Å². The molecule has 2 saturated carbocycles. The van der Waals surface area contributed by atoms with Gasteiger partial charge in [0.05, 0.1) is 16.8 Å². The second-order valence-electron chi connectivity index (χ2n) is 9.85. The number of carbonyl (C=O) groups is 4. The molecule has 2 aliphatic carbocycles. The van der Waals surface area contributed by atoms with Crippen molar-refractivity contribution in [3.63, 3.8) is 0 Å². The highest BCUT2D eigenvalue weighted by atomic mass is 79.9. The molecule has 5 rings (SSSR count). The predicted molar refractivity (Wildman–Crippen MR) is 140 cm³/mol. The summed E-state index contributed by atoms with van der Waals surface area (Å²) in [6, 6.07) is 10.5. The molecule has 192 valence electrons. The third kappa shape index (κ3) is 4.03. The van der Waals surface area contributed by atoms with Gasteiger partial charge in [0.1, 0.15) is 6.04 Å². The second kappa shape index (κ2) is 9.43. The van der Waals surface area contributed by atoms with E-state index in [9.17, 15) is 29.3 Å². The van der Waals surface area contributed by atoms with Gasteiger partial charge in [0.15, 0.2) is 5.78 Å². The van der Waals surface area contributed by atoms with Crippen LogP contribution in [-0.2, 0) is 9.59 Å². The highest BCUT2D eigenvalue weighted by Crippen LogP contribution is 2.60. The Balaban J connectivity index is 1.54. The first kappa shape index (κ1) is 25.7. The van der Waals surface area contributed by atoms with E-state index in [-0.39, 0.29) is 32.7 Å². The molecule has 2 aromatic rings. The van der Waals surface area contributed by atoms with Gasteiger partial charge in [-0.2, -0.15) is 5.01 Å². The number of ketones is 1. The summed E-state index contributed by atoms with van der Waals surface area (Å²) >= 11 is 7.31. The number of amides is 3. The Bertz CT molecular complexity index is 1280. The minimum Gasteiger partial charge on any atom is -0.292 e. The third-order valence-corrected chi connectivity index (χ3v) is 11.0. The van der Waals surface area contributed by atoms with Gasteiger partial charge in [-0.1, -0.05) is 61.7 Å². The number of halogens is 2. The molecule has 9 nitrogen and oxygen atoms in total. The van der Waals surface area contributed by atoms with Crippen LogP contribution in [0.25, 0.3) is 0 Å². The number of alkyl halides is 2. The fourth-order valence-corrected chi connectivity index (χ4v) is 7.79. The molecule has 3 aliphatic rings. The van der Waals surface area contributed by atoms with E-state index < -0.39 is 46.3 Å². The fraction of sp³-hybridized carbons (Fsp3) is 0.385. The molecule has 0 N–H and O–H groups in total. The van der Waals surface area contributed by atoms with Crippen molar-refractivity contribution in [3.8, 4) is 0 Å². The lowest BCUT2D eigenvalue weighted by Crippen LogP contribution is -2.56. The second-order valence-corrected chi connectivity index (χ2v) is 12.0. The first-order chi connectivity index (χ1) is 17.5. The minimum absolute atomic E-state index is 0.0147. The van der Waals surface area contributed by atoms with Crippen molar-refractivity contribution in [2.24, 2.45) is 23.7 Å². The number of benzene rings is 2. The number of Topliss-reactive ketones (excluding diaryl/α,β-unsaturated/α-hetero) is 1. The van der Waals surface area contributed by atoms with Crippen LogP contribution in [0.3, 0.4) is 0 Å². The quantitative estimate of drug-likeness (QED) is 0.154. The lowest BCUT2D eigenvalue weighted by Gasteiger charge is -2.35.